The van der Waals surface area contributed by atoms with Gasteiger partial charge in [0.2, 0.25) is 0 Å². The molecule has 0 unspecified atom stereocenters. The van der Waals surface area contributed by atoms with Gasteiger partial charge >= 0.3 is 6.03 Å². The first-order valence-corrected chi connectivity index (χ1v) is 10.8. The lowest BCUT2D eigenvalue weighted by atomic mass is 9.82. The number of imide groups is 1. The molecule has 0 radical (unpaired) electrons. The van der Waals surface area contributed by atoms with Crippen LogP contribution in [0, 0.1) is 0 Å². The molecule has 2 aromatic rings. The normalized spacial score (nSPS) is 19.2. The standard InChI is InChI=1S/C21H24N4O3S/c26-17(24-25-19(27)21(23-20(25)28)11-5-2-6-12-21)14-22-18(16-10-7-13-29-16)15-8-3-1-4-9-15/h1,3-4,7-10,13,18,22H,2,5-6,11-12,14H2,(H,23,28)(H,24,26)/p+1/t18-/m0/s1. The maximum Gasteiger partial charge on any atom is 0.344 e. The molecule has 8 heteroatoms. The van der Waals surface area contributed by atoms with E-state index in [1.54, 1.807) is 11.3 Å². The number of nitrogens with two attached hydrogens (primary N) is 1. The Balaban J connectivity index is 1.40. The van der Waals surface area contributed by atoms with E-state index in [-0.39, 0.29) is 24.4 Å². The summed E-state index contributed by atoms with van der Waals surface area (Å²) in [5.41, 5.74) is 2.77. The van der Waals surface area contributed by atoms with Gasteiger partial charge in [0, 0.05) is 5.56 Å². The number of carbonyl (C=O) groups is 3. The predicted octanol–water partition coefficient (Wildman–Crippen LogP) is 1.69. The number of amides is 4. The summed E-state index contributed by atoms with van der Waals surface area (Å²) in [6, 6.07) is 13.4. The Hall–Kier alpha value is -2.71. The molecule has 1 saturated carbocycles. The van der Waals surface area contributed by atoms with Gasteiger partial charge in [0.25, 0.3) is 11.8 Å². The third-order valence-corrected chi connectivity index (χ3v) is 6.61. The van der Waals surface area contributed by atoms with Crippen LogP contribution >= 0.6 is 11.3 Å². The molecule has 2 heterocycles. The van der Waals surface area contributed by atoms with Crippen LogP contribution < -0.4 is 16.1 Å². The average molecular weight is 414 g/mol. The summed E-state index contributed by atoms with van der Waals surface area (Å²) in [4.78, 5) is 38.8. The third kappa shape index (κ3) is 4.04. The van der Waals surface area contributed by atoms with E-state index >= 15 is 0 Å². The zero-order chi connectivity index (χ0) is 20.3. The minimum atomic E-state index is -0.837. The van der Waals surface area contributed by atoms with E-state index in [9.17, 15) is 14.4 Å². The lowest BCUT2D eigenvalue weighted by Crippen LogP contribution is -2.88. The van der Waals surface area contributed by atoms with Crippen LogP contribution in [0.1, 0.15) is 48.6 Å². The molecule has 29 heavy (non-hydrogen) atoms. The summed E-state index contributed by atoms with van der Waals surface area (Å²) in [5, 5.41) is 7.60. The highest BCUT2D eigenvalue weighted by Gasteiger charge is 2.52. The van der Waals surface area contributed by atoms with E-state index in [0.29, 0.717) is 12.8 Å². The summed E-state index contributed by atoms with van der Waals surface area (Å²) in [7, 11) is 0. The molecule has 1 atom stereocenters. The molecule has 1 aromatic heterocycles. The second-order valence-electron chi connectivity index (χ2n) is 7.59. The third-order valence-electron chi connectivity index (χ3n) is 5.65. The smallest absolute Gasteiger partial charge is 0.328 e. The van der Waals surface area contributed by atoms with Crippen molar-refractivity contribution >= 4 is 29.2 Å². The molecule has 4 rings (SSSR count). The first kappa shape index (κ1) is 19.6. The number of benzene rings is 1. The molecule has 1 spiro atoms. The lowest BCUT2D eigenvalue weighted by Gasteiger charge is -2.30. The Labute approximate surface area is 173 Å². The van der Waals surface area contributed by atoms with Crippen LogP contribution in [0.25, 0.3) is 0 Å². The van der Waals surface area contributed by atoms with Gasteiger partial charge in [0.05, 0.1) is 4.88 Å². The number of hydrogen-bond donors (Lipinski definition) is 3. The number of carbonyl (C=O) groups excluding carboxylic acids is 3. The quantitative estimate of drug-likeness (QED) is 0.629. The molecule has 1 aliphatic carbocycles. The van der Waals surface area contributed by atoms with Gasteiger partial charge in [-0.15, -0.1) is 11.3 Å². The first-order chi connectivity index (χ1) is 14.1. The molecule has 2 aliphatic rings. The van der Waals surface area contributed by atoms with Crippen LogP contribution in [0.2, 0.25) is 0 Å². The first-order valence-electron chi connectivity index (χ1n) is 9.97. The van der Waals surface area contributed by atoms with E-state index in [2.05, 4.69) is 10.7 Å². The highest BCUT2D eigenvalue weighted by atomic mass is 32.1. The molecule has 4 N–H and O–H groups in total. The Morgan fingerprint density at radius 2 is 1.90 bits per heavy atom. The monoisotopic (exact) mass is 413 g/mol. The van der Waals surface area contributed by atoms with Crippen molar-refractivity contribution in [3.63, 3.8) is 0 Å². The maximum absolute atomic E-state index is 12.8. The van der Waals surface area contributed by atoms with Crippen LogP contribution in [-0.4, -0.2) is 34.9 Å². The van der Waals surface area contributed by atoms with Gasteiger partial charge in [-0.05, 0) is 24.3 Å². The Bertz CT molecular complexity index is 879. The van der Waals surface area contributed by atoms with Crippen molar-refractivity contribution in [3.05, 3.63) is 58.3 Å². The van der Waals surface area contributed by atoms with Crippen molar-refractivity contribution in [2.75, 3.05) is 6.54 Å². The SMILES string of the molecule is O=C(C[NH2+][C@@H](c1ccccc1)c1cccs1)NN1C(=O)NC2(CCCCC2)C1=O. The number of urea groups is 1. The summed E-state index contributed by atoms with van der Waals surface area (Å²) >= 11 is 1.63. The number of hydrazine groups is 1. The Kier molecular flexibility index (Phi) is 5.64. The summed E-state index contributed by atoms with van der Waals surface area (Å²) in [6.07, 6.45) is 4.13. The van der Waals surface area contributed by atoms with Crippen molar-refractivity contribution < 1.29 is 19.7 Å². The number of quaternary nitrogens is 1. The molecule has 4 amide bonds. The molecule has 0 bridgehead atoms. The van der Waals surface area contributed by atoms with Gasteiger partial charge in [-0.2, -0.15) is 5.01 Å². The zero-order valence-corrected chi connectivity index (χ0v) is 16.9. The molecule has 2 fully saturated rings. The highest BCUT2D eigenvalue weighted by Crippen LogP contribution is 2.33. The summed E-state index contributed by atoms with van der Waals surface area (Å²) in [5.74, 6) is -0.715. The zero-order valence-electron chi connectivity index (χ0n) is 16.1. The minimum Gasteiger partial charge on any atom is -0.328 e. The second-order valence-corrected chi connectivity index (χ2v) is 8.57. The van der Waals surface area contributed by atoms with Gasteiger partial charge in [0.1, 0.15) is 11.6 Å². The lowest BCUT2D eigenvalue weighted by molar-refractivity contribution is -0.676. The number of thiophene rings is 1. The van der Waals surface area contributed by atoms with Gasteiger partial charge in [-0.25, -0.2) is 4.79 Å². The molecule has 152 valence electrons. The predicted molar refractivity (Wildman–Crippen MR) is 109 cm³/mol. The van der Waals surface area contributed by atoms with Gasteiger partial charge in [-0.1, -0.05) is 55.7 Å². The molecule has 1 aliphatic heterocycles. The molecule has 1 saturated heterocycles. The topological polar surface area (TPSA) is 95.1 Å². The van der Waals surface area contributed by atoms with Gasteiger partial charge < -0.3 is 10.6 Å². The van der Waals surface area contributed by atoms with E-state index in [1.807, 2.05) is 53.2 Å². The minimum absolute atomic E-state index is 0.0188. The van der Waals surface area contributed by atoms with E-state index in [4.69, 9.17) is 0 Å². The van der Waals surface area contributed by atoms with Gasteiger partial charge in [-0.3, -0.25) is 15.0 Å². The van der Waals surface area contributed by atoms with Crippen LogP contribution in [-0.2, 0) is 9.59 Å². The number of nitrogens with one attached hydrogen (secondary N) is 2. The van der Waals surface area contributed by atoms with Crippen LogP contribution in [0.4, 0.5) is 4.79 Å². The molecule has 7 nitrogen and oxygen atoms in total. The van der Waals surface area contributed by atoms with Crippen molar-refractivity contribution in [1.29, 1.82) is 0 Å². The van der Waals surface area contributed by atoms with Crippen LogP contribution in [0.5, 0.6) is 0 Å². The average Bonchev–Trinajstić information content (AvgIpc) is 3.34. The summed E-state index contributed by atoms with van der Waals surface area (Å²) in [6.45, 7) is 0.0987. The molecular formula is C21H25N4O3S+. The number of hydrogen-bond acceptors (Lipinski definition) is 4. The van der Waals surface area contributed by atoms with Crippen molar-refractivity contribution in [2.24, 2.45) is 0 Å². The number of rotatable bonds is 6. The second kappa shape index (κ2) is 8.34. The Morgan fingerprint density at radius 1 is 1.14 bits per heavy atom. The molecule has 1 aromatic carbocycles. The fourth-order valence-corrected chi connectivity index (χ4v) is 5.01. The molecular weight excluding hydrogens is 388 g/mol. The highest BCUT2D eigenvalue weighted by molar-refractivity contribution is 7.10. The summed E-state index contributed by atoms with van der Waals surface area (Å²) < 4.78 is 0. The maximum atomic E-state index is 12.8. The van der Waals surface area contributed by atoms with Crippen molar-refractivity contribution in [2.45, 2.75) is 43.7 Å². The van der Waals surface area contributed by atoms with Crippen LogP contribution in [0.15, 0.2) is 47.8 Å². The largest absolute Gasteiger partial charge is 0.344 e. The van der Waals surface area contributed by atoms with Gasteiger partial charge in [0.15, 0.2) is 6.54 Å². The van der Waals surface area contributed by atoms with Crippen molar-refractivity contribution in [3.8, 4) is 0 Å². The van der Waals surface area contributed by atoms with Crippen molar-refractivity contribution in [1.82, 2.24) is 15.8 Å². The van der Waals surface area contributed by atoms with E-state index in [1.165, 1.54) is 0 Å². The fraction of sp³-hybridized carbons (Fsp3) is 0.381. The van der Waals surface area contributed by atoms with Crippen LogP contribution in [0.3, 0.4) is 0 Å². The Morgan fingerprint density at radius 3 is 2.59 bits per heavy atom. The number of nitrogens with zero attached hydrogens (tertiary/aromatic N) is 1. The van der Waals surface area contributed by atoms with E-state index < -0.39 is 11.6 Å². The fourth-order valence-electron chi connectivity index (χ4n) is 4.16. The van der Waals surface area contributed by atoms with E-state index in [0.717, 1.165) is 34.7 Å².